The molecule has 1 fully saturated rings. The second kappa shape index (κ2) is 7.14. The Bertz CT molecular complexity index is 994. The van der Waals surface area contributed by atoms with E-state index in [1.54, 1.807) is 6.33 Å². The second-order valence-electron chi connectivity index (χ2n) is 7.94. The number of aliphatic hydroxyl groups is 1. The smallest absolute Gasteiger partial charge is 0.135 e. The fraction of sp³-hybridized carbons (Fsp3) is 0.476. The van der Waals surface area contributed by atoms with Crippen molar-refractivity contribution in [3.63, 3.8) is 0 Å². The first-order valence-corrected chi connectivity index (χ1v) is 10.1. The molecule has 0 spiro atoms. The number of fused-ring (bicyclic) bond motifs is 2. The third kappa shape index (κ3) is 2.86. The maximum absolute atomic E-state index is 10.3. The summed E-state index contributed by atoms with van der Waals surface area (Å²) in [6, 6.07) is 4.22. The molecule has 2 aromatic heterocycles. The van der Waals surface area contributed by atoms with Crippen LogP contribution in [0.4, 0.5) is 5.82 Å². The Morgan fingerprint density at radius 3 is 2.86 bits per heavy atom. The van der Waals surface area contributed by atoms with Crippen molar-refractivity contribution in [3.05, 3.63) is 47.0 Å². The van der Waals surface area contributed by atoms with Crippen LogP contribution in [0.1, 0.15) is 28.3 Å². The zero-order valence-corrected chi connectivity index (χ0v) is 16.1. The lowest BCUT2D eigenvalue weighted by molar-refractivity contribution is 0.195. The van der Waals surface area contributed by atoms with Gasteiger partial charge in [0.1, 0.15) is 12.1 Å². The van der Waals surface area contributed by atoms with E-state index in [4.69, 9.17) is 0 Å². The maximum Gasteiger partial charge on any atom is 0.135 e. The van der Waals surface area contributed by atoms with Gasteiger partial charge in [-0.15, -0.1) is 0 Å². The summed E-state index contributed by atoms with van der Waals surface area (Å²) in [5.74, 6) is 1.44. The standard InChI is InChI=1S/C21H26N6O/c1-13-2-3-18-17(10-25-26-18)20(13)15-9-19-16(8-14(15)11-28)21(24-12-23-19)27-6-4-22-5-7-27/h2-3,10,12,14-15,22,28H,4-9,11H2,1H3,(H,25,26). The molecule has 2 atom stereocenters. The van der Waals surface area contributed by atoms with Gasteiger partial charge in [0.05, 0.1) is 11.7 Å². The monoisotopic (exact) mass is 378 g/mol. The molecule has 0 saturated carbocycles. The maximum atomic E-state index is 10.3. The minimum Gasteiger partial charge on any atom is -0.396 e. The summed E-state index contributed by atoms with van der Waals surface area (Å²) < 4.78 is 0. The van der Waals surface area contributed by atoms with E-state index in [9.17, 15) is 5.11 Å². The van der Waals surface area contributed by atoms with Crippen molar-refractivity contribution in [2.24, 2.45) is 5.92 Å². The lowest BCUT2D eigenvalue weighted by Gasteiger charge is -2.36. The lowest BCUT2D eigenvalue weighted by Crippen LogP contribution is -2.44. The molecule has 2 aliphatic rings. The quantitative estimate of drug-likeness (QED) is 0.641. The molecule has 1 aliphatic heterocycles. The van der Waals surface area contributed by atoms with Gasteiger partial charge in [-0.3, -0.25) is 5.10 Å². The van der Waals surface area contributed by atoms with E-state index in [0.29, 0.717) is 0 Å². The number of aryl methyl sites for hydroxylation is 1. The normalized spacial score (nSPS) is 22.4. The highest BCUT2D eigenvalue weighted by molar-refractivity contribution is 5.83. The van der Waals surface area contributed by atoms with Crippen molar-refractivity contribution in [2.45, 2.75) is 25.7 Å². The number of piperazine rings is 1. The molecular formula is C21H26N6O. The van der Waals surface area contributed by atoms with Crippen LogP contribution in [0.2, 0.25) is 0 Å². The Morgan fingerprint density at radius 2 is 2.04 bits per heavy atom. The summed E-state index contributed by atoms with van der Waals surface area (Å²) in [7, 11) is 0. The van der Waals surface area contributed by atoms with Crippen LogP contribution in [-0.2, 0) is 12.8 Å². The highest BCUT2D eigenvalue weighted by Crippen LogP contribution is 2.42. The summed E-state index contributed by atoms with van der Waals surface area (Å²) in [6.45, 7) is 6.19. The van der Waals surface area contributed by atoms with Crippen LogP contribution in [0.15, 0.2) is 24.7 Å². The van der Waals surface area contributed by atoms with E-state index >= 15 is 0 Å². The van der Waals surface area contributed by atoms with E-state index in [2.05, 4.69) is 49.4 Å². The number of rotatable bonds is 3. The molecule has 1 aromatic carbocycles. The molecule has 3 aromatic rings. The summed E-state index contributed by atoms with van der Waals surface area (Å²) in [6.07, 6.45) is 5.25. The molecule has 0 radical (unpaired) electrons. The Morgan fingerprint density at radius 1 is 1.18 bits per heavy atom. The predicted molar refractivity (Wildman–Crippen MR) is 109 cm³/mol. The van der Waals surface area contributed by atoms with E-state index in [-0.39, 0.29) is 18.4 Å². The number of H-pyrrole nitrogens is 1. The molecule has 3 N–H and O–H groups in total. The van der Waals surface area contributed by atoms with Crippen LogP contribution in [0.25, 0.3) is 10.9 Å². The average Bonchev–Trinajstić information content (AvgIpc) is 3.21. The number of aliphatic hydroxyl groups excluding tert-OH is 1. The Balaban J connectivity index is 1.57. The summed E-state index contributed by atoms with van der Waals surface area (Å²) in [5, 5.41) is 22.2. The van der Waals surface area contributed by atoms with Gasteiger partial charge in [0, 0.05) is 49.4 Å². The van der Waals surface area contributed by atoms with Crippen LogP contribution in [-0.4, -0.2) is 58.1 Å². The Kier molecular flexibility index (Phi) is 4.49. The first kappa shape index (κ1) is 17.6. The molecule has 1 saturated heterocycles. The number of aromatic nitrogens is 4. The number of aromatic amines is 1. The minimum absolute atomic E-state index is 0.152. The number of benzene rings is 1. The number of nitrogens with zero attached hydrogens (tertiary/aromatic N) is 4. The van der Waals surface area contributed by atoms with Crippen LogP contribution >= 0.6 is 0 Å². The summed E-state index contributed by atoms with van der Waals surface area (Å²) in [5.41, 5.74) is 5.93. The van der Waals surface area contributed by atoms with Gasteiger partial charge in [0.25, 0.3) is 0 Å². The van der Waals surface area contributed by atoms with Gasteiger partial charge in [0.15, 0.2) is 0 Å². The molecule has 7 nitrogen and oxygen atoms in total. The Labute approximate surface area is 164 Å². The van der Waals surface area contributed by atoms with Crippen molar-refractivity contribution in [1.82, 2.24) is 25.5 Å². The fourth-order valence-corrected chi connectivity index (χ4v) is 4.92. The number of hydrogen-bond donors (Lipinski definition) is 3. The molecule has 5 rings (SSSR count). The van der Waals surface area contributed by atoms with E-state index in [0.717, 1.165) is 61.4 Å². The lowest BCUT2D eigenvalue weighted by atomic mass is 9.72. The van der Waals surface area contributed by atoms with Crippen LogP contribution in [0.3, 0.4) is 0 Å². The van der Waals surface area contributed by atoms with Crippen LogP contribution in [0.5, 0.6) is 0 Å². The van der Waals surface area contributed by atoms with Gasteiger partial charge in [-0.25, -0.2) is 9.97 Å². The largest absolute Gasteiger partial charge is 0.396 e. The topological polar surface area (TPSA) is 90.0 Å². The van der Waals surface area contributed by atoms with Crippen molar-refractivity contribution < 1.29 is 5.11 Å². The first-order valence-electron chi connectivity index (χ1n) is 10.1. The molecule has 146 valence electrons. The van der Waals surface area contributed by atoms with Gasteiger partial charge in [0.2, 0.25) is 0 Å². The molecule has 28 heavy (non-hydrogen) atoms. The van der Waals surface area contributed by atoms with Crippen molar-refractivity contribution in [1.29, 1.82) is 0 Å². The predicted octanol–water partition coefficient (Wildman–Crippen LogP) is 1.56. The van der Waals surface area contributed by atoms with E-state index in [1.165, 1.54) is 16.7 Å². The minimum atomic E-state index is 0.152. The second-order valence-corrected chi connectivity index (χ2v) is 7.94. The van der Waals surface area contributed by atoms with Crippen molar-refractivity contribution in [3.8, 4) is 0 Å². The zero-order chi connectivity index (χ0) is 19.1. The molecule has 2 unspecified atom stereocenters. The van der Waals surface area contributed by atoms with Crippen LogP contribution in [0, 0.1) is 12.8 Å². The number of anilines is 1. The van der Waals surface area contributed by atoms with Crippen LogP contribution < -0.4 is 10.2 Å². The molecule has 0 amide bonds. The molecule has 3 heterocycles. The molecule has 0 bridgehead atoms. The third-order valence-corrected chi connectivity index (χ3v) is 6.37. The zero-order valence-electron chi connectivity index (χ0n) is 16.1. The SMILES string of the molecule is Cc1ccc2[nH]ncc2c1C1Cc2ncnc(N3CCNCC3)c2CC1CO. The average molecular weight is 378 g/mol. The van der Waals surface area contributed by atoms with Crippen molar-refractivity contribution >= 4 is 16.7 Å². The van der Waals surface area contributed by atoms with Gasteiger partial charge in [-0.1, -0.05) is 6.07 Å². The van der Waals surface area contributed by atoms with Gasteiger partial charge >= 0.3 is 0 Å². The number of nitrogens with one attached hydrogen (secondary N) is 2. The van der Waals surface area contributed by atoms with E-state index in [1.807, 2.05) is 6.20 Å². The van der Waals surface area contributed by atoms with Crippen molar-refractivity contribution in [2.75, 3.05) is 37.7 Å². The summed E-state index contributed by atoms with van der Waals surface area (Å²) in [4.78, 5) is 11.6. The Hall–Kier alpha value is -2.51. The molecule has 7 heteroatoms. The highest BCUT2D eigenvalue weighted by Gasteiger charge is 2.34. The number of hydrogen-bond acceptors (Lipinski definition) is 6. The fourth-order valence-electron chi connectivity index (χ4n) is 4.92. The van der Waals surface area contributed by atoms with Gasteiger partial charge in [-0.05, 0) is 48.8 Å². The van der Waals surface area contributed by atoms with Gasteiger partial charge in [-0.2, -0.15) is 5.10 Å². The molecular weight excluding hydrogens is 352 g/mol. The third-order valence-electron chi connectivity index (χ3n) is 6.37. The van der Waals surface area contributed by atoms with E-state index < -0.39 is 0 Å². The summed E-state index contributed by atoms with van der Waals surface area (Å²) >= 11 is 0. The molecule has 1 aliphatic carbocycles. The highest BCUT2D eigenvalue weighted by atomic mass is 16.3. The first-order chi connectivity index (χ1) is 13.8. The van der Waals surface area contributed by atoms with Gasteiger partial charge < -0.3 is 15.3 Å².